The number of pyridine rings is 1. The Kier molecular flexibility index (Phi) is 3.36. The number of hydrogen-bond acceptors (Lipinski definition) is 4. The van der Waals surface area contributed by atoms with E-state index >= 15 is 0 Å². The number of nitro groups is 1. The van der Waals surface area contributed by atoms with Crippen LogP contribution in [0.15, 0.2) is 16.7 Å². The molecule has 0 amide bonds. The van der Waals surface area contributed by atoms with E-state index in [-0.39, 0.29) is 5.69 Å². The molecule has 2 aromatic rings. The summed E-state index contributed by atoms with van der Waals surface area (Å²) in [6.45, 7) is 3.21. The van der Waals surface area contributed by atoms with Crippen LogP contribution in [0.2, 0.25) is 5.02 Å². The fourth-order valence-electron chi connectivity index (χ4n) is 1.67. The lowest BCUT2D eigenvalue weighted by Gasteiger charge is -2.05. The molecule has 0 N–H and O–H groups in total. The molecular formula is C10H8BrClN4O2. The quantitative estimate of drug-likeness (QED) is 0.625. The smallest absolute Gasteiger partial charge is 0.258 e. The summed E-state index contributed by atoms with van der Waals surface area (Å²) in [4.78, 5) is 14.6. The highest BCUT2D eigenvalue weighted by Gasteiger charge is 2.23. The first-order chi connectivity index (χ1) is 8.41. The van der Waals surface area contributed by atoms with Crippen LogP contribution in [0, 0.1) is 24.0 Å². The van der Waals surface area contributed by atoms with Gasteiger partial charge in [-0.05, 0) is 35.8 Å². The second kappa shape index (κ2) is 4.66. The molecule has 0 aliphatic rings. The van der Waals surface area contributed by atoms with E-state index in [0.29, 0.717) is 26.7 Å². The van der Waals surface area contributed by atoms with Gasteiger partial charge in [-0.15, -0.1) is 0 Å². The van der Waals surface area contributed by atoms with Gasteiger partial charge in [-0.25, -0.2) is 9.67 Å². The molecule has 0 aliphatic carbocycles. The average molecular weight is 332 g/mol. The molecule has 0 atom stereocenters. The molecule has 94 valence electrons. The maximum atomic E-state index is 10.9. The van der Waals surface area contributed by atoms with Gasteiger partial charge in [-0.2, -0.15) is 5.10 Å². The molecule has 0 unspecified atom stereocenters. The molecule has 0 aromatic carbocycles. The van der Waals surface area contributed by atoms with Crippen LogP contribution in [0.5, 0.6) is 0 Å². The zero-order chi connectivity index (χ0) is 13.4. The number of rotatable bonds is 2. The van der Waals surface area contributed by atoms with E-state index in [1.54, 1.807) is 19.9 Å². The number of aromatic nitrogens is 3. The Bertz CT molecular complexity index is 641. The Morgan fingerprint density at radius 3 is 2.67 bits per heavy atom. The lowest BCUT2D eigenvalue weighted by atomic mass is 10.3. The van der Waals surface area contributed by atoms with E-state index in [4.69, 9.17) is 11.6 Å². The SMILES string of the molecule is Cc1nn(-c2ncc(Cl)cc2Br)c(C)c1[N+](=O)[O-]. The monoisotopic (exact) mass is 330 g/mol. The van der Waals surface area contributed by atoms with Gasteiger partial charge < -0.3 is 0 Å². The number of nitrogens with zero attached hydrogens (tertiary/aromatic N) is 4. The summed E-state index contributed by atoms with van der Waals surface area (Å²) in [5.41, 5.74) is 0.771. The minimum atomic E-state index is -0.446. The Hall–Kier alpha value is -1.47. The highest BCUT2D eigenvalue weighted by Crippen LogP contribution is 2.28. The van der Waals surface area contributed by atoms with E-state index in [1.807, 2.05) is 0 Å². The van der Waals surface area contributed by atoms with Crippen LogP contribution in [-0.2, 0) is 0 Å². The first kappa shape index (κ1) is 13.0. The van der Waals surface area contributed by atoms with E-state index in [9.17, 15) is 10.1 Å². The molecule has 0 saturated heterocycles. The predicted molar refractivity (Wildman–Crippen MR) is 70.2 cm³/mol. The third-order valence-corrected chi connectivity index (χ3v) is 3.21. The van der Waals surface area contributed by atoms with Gasteiger partial charge in [-0.1, -0.05) is 11.6 Å². The van der Waals surface area contributed by atoms with Crippen molar-refractivity contribution >= 4 is 33.2 Å². The van der Waals surface area contributed by atoms with Gasteiger partial charge in [0.15, 0.2) is 5.82 Å². The van der Waals surface area contributed by atoms with Gasteiger partial charge in [0.1, 0.15) is 11.4 Å². The molecule has 0 saturated carbocycles. The van der Waals surface area contributed by atoms with Crippen molar-refractivity contribution in [3.63, 3.8) is 0 Å². The second-order valence-electron chi connectivity index (χ2n) is 3.65. The Balaban J connectivity index is 2.65. The van der Waals surface area contributed by atoms with Crippen molar-refractivity contribution in [2.24, 2.45) is 0 Å². The minimum Gasteiger partial charge on any atom is -0.258 e. The summed E-state index contributed by atoms with van der Waals surface area (Å²) < 4.78 is 2.05. The van der Waals surface area contributed by atoms with Gasteiger partial charge in [0.2, 0.25) is 0 Å². The Morgan fingerprint density at radius 2 is 2.17 bits per heavy atom. The van der Waals surface area contributed by atoms with Crippen molar-refractivity contribution in [2.75, 3.05) is 0 Å². The van der Waals surface area contributed by atoms with Crippen molar-refractivity contribution in [1.29, 1.82) is 0 Å². The molecule has 18 heavy (non-hydrogen) atoms. The first-order valence-electron chi connectivity index (χ1n) is 4.94. The lowest BCUT2D eigenvalue weighted by molar-refractivity contribution is -0.386. The summed E-state index contributed by atoms with van der Waals surface area (Å²) in [6.07, 6.45) is 1.46. The molecule has 2 rings (SSSR count). The van der Waals surface area contributed by atoms with Crippen LogP contribution >= 0.6 is 27.5 Å². The van der Waals surface area contributed by atoms with E-state index in [1.165, 1.54) is 10.9 Å². The Labute approximate surface area is 116 Å². The van der Waals surface area contributed by atoms with E-state index in [0.717, 1.165) is 0 Å². The molecule has 6 nitrogen and oxygen atoms in total. The van der Waals surface area contributed by atoms with Crippen LogP contribution in [0.1, 0.15) is 11.4 Å². The number of aryl methyl sites for hydroxylation is 1. The summed E-state index contributed by atoms with van der Waals surface area (Å²) in [7, 11) is 0. The summed E-state index contributed by atoms with van der Waals surface area (Å²) in [6, 6.07) is 1.66. The van der Waals surface area contributed by atoms with Gasteiger partial charge in [0.05, 0.1) is 14.4 Å². The van der Waals surface area contributed by atoms with E-state index in [2.05, 4.69) is 26.0 Å². The second-order valence-corrected chi connectivity index (χ2v) is 4.94. The molecule has 0 bridgehead atoms. The first-order valence-corrected chi connectivity index (χ1v) is 6.11. The molecular weight excluding hydrogens is 323 g/mol. The van der Waals surface area contributed by atoms with E-state index < -0.39 is 4.92 Å². The van der Waals surface area contributed by atoms with Crippen LogP contribution < -0.4 is 0 Å². The van der Waals surface area contributed by atoms with Crippen molar-refractivity contribution in [3.8, 4) is 5.82 Å². The number of hydrogen-bond donors (Lipinski definition) is 0. The minimum absolute atomic E-state index is 0.00125. The van der Waals surface area contributed by atoms with Crippen LogP contribution in [0.3, 0.4) is 0 Å². The summed E-state index contributed by atoms with van der Waals surface area (Å²) >= 11 is 9.11. The van der Waals surface area contributed by atoms with Gasteiger partial charge in [0.25, 0.3) is 0 Å². The average Bonchev–Trinajstić information content (AvgIpc) is 2.54. The van der Waals surface area contributed by atoms with Crippen molar-refractivity contribution < 1.29 is 4.92 Å². The maximum Gasteiger partial charge on any atom is 0.313 e. The predicted octanol–water partition coefficient (Wildman–Crippen LogP) is 3.21. The summed E-state index contributed by atoms with van der Waals surface area (Å²) in [5.74, 6) is 0.466. The lowest BCUT2D eigenvalue weighted by Crippen LogP contribution is -2.03. The van der Waals surface area contributed by atoms with Crippen LogP contribution in [0.25, 0.3) is 5.82 Å². The van der Waals surface area contributed by atoms with Crippen molar-refractivity contribution in [2.45, 2.75) is 13.8 Å². The Morgan fingerprint density at radius 1 is 1.50 bits per heavy atom. The van der Waals surface area contributed by atoms with Crippen LogP contribution in [0.4, 0.5) is 5.69 Å². The zero-order valence-electron chi connectivity index (χ0n) is 9.52. The molecule has 0 spiro atoms. The topological polar surface area (TPSA) is 73.8 Å². The third kappa shape index (κ3) is 2.11. The zero-order valence-corrected chi connectivity index (χ0v) is 11.9. The van der Waals surface area contributed by atoms with Crippen molar-refractivity contribution in [1.82, 2.24) is 14.8 Å². The normalized spacial score (nSPS) is 10.7. The fraction of sp³-hybridized carbons (Fsp3) is 0.200. The van der Waals surface area contributed by atoms with Gasteiger partial charge in [0, 0.05) is 6.20 Å². The molecule has 2 aromatic heterocycles. The molecule has 2 heterocycles. The van der Waals surface area contributed by atoms with Crippen LogP contribution in [-0.4, -0.2) is 19.7 Å². The highest BCUT2D eigenvalue weighted by molar-refractivity contribution is 9.10. The standard InChI is InChI=1S/C10H8BrClN4O2/c1-5-9(16(17)18)6(2)15(14-5)10-8(11)3-7(12)4-13-10/h3-4H,1-2H3. The maximum absolute atomic E-state index is 10.9. The number of halogens is 2. The largest absolute Gasteiger partial charge is 0.313 e. The fourth-order valence-corrected chi connectivity index (χ4v) is 2.47. The highest BCUT2D eigenvalue weighted by atomic mass is 79.9. The molecule has 0 radical (unpaired) electrons. The van der Waals surface area contributed by atoms with Gasteiger partial charge in [-0.3, -0.25) is 10.1 Å². The molecule has 0 aliphatic heterocycles. The third-order valence-electron chi connectivity index (χ3n) is 2.42. The van der Waals surface area contributed by atoms with Crippen molar-refractivity contribution in [3.05, 3.63) is 43.3 Å². The van der Waals surface area contributed by atoms with Gasteiger partial charge >= 0.3 is 5.69 Å². The summed E-state index contributed by atoms with van der Waals surface area (Å²) in [5, 5.41) is 15.5. The molecule has 8 heteroatoms. The molecule has 0 fully saturated rings.